The zero-order chi connectivity index (χ0) is 22.1. The molecule has 0 atom stereocenters. The van der Waals surface area contributed by atoms with E-state index in [1.165, 1.54) is 54.7 Å². The molecular weight excluding hydrogens is 515 g/mol. The second kappa shape index (κ2) is 6.94. The Balaban J connectivity index is 1.96. The fourth-order valence-electron chi connectivity index (χ4n) is 3.08. The molecule has 3 heterocycles. The number of hydrogen-bond donors (Lipinski definition) is 0. The van der Waals surface area contributed by atoms with Gasteiger partial charge in [-0.3, -0.25) is 0 Å². The first-order valence-electron chi connectivity index (χ1n) is 8.01. The molecule has 0 fully saturated rings. The summed E-state index contributed by atoms with van der Waals surface area (Å²) < 4.78 is 73.9. The zero-order valence-corrected chi connectivity index (χ0v) is 19.2. The summed E-state index contributed by atoms with van der Waals surface area (Å²) in [6, 6.07) is 3.96. The molecule has 12 heteroatoms. The van der Waals surface area contributed by atoms with Crippen molar-refractivity contribution in [2.24, 2.45) is 0 Å². The Morgan fingerprint density at radius 2 is 0.667 bits per heavy atom. The molecule has 0 unspecified atom stereocenters. The topological polar surface area (TPSA) is 102 Å². The van der Waals surface area contributed by atoms with Gasteiger partial charge in [0, 0.05) is 0 Å². The van der Waals surface area contributed by atoms with Gasteiger partial charge in [-0.2, -0.15) is 0 Å². The van der Waals surface area contributed by atoms with Gasteiger partial charge >= 0.3 is 0 Å². The van der Waals surface area contributed by atoms with Gasteiger partial charge in [-0.05, 0) is 71.3 Å². The van der Waals surface area contributed by atoms with Crippen LogP contribution in [0.5, 0.6) is 0 Å². The van der Waals surface area contributed by atoms with Crippen LogP contribution in [0.15, 0.2) is 67.7 Å². The summed E-state index contributed by atoms with van der Waals surface area (Å²) in [5, 5.41) is 0. The van der Waals surface area contributed by atoms with E-state index in [0.717, 1.165) is 0 Å². The first kappa shape index (κ1) is 21.6. The van der Waals surface area contributed by atoms with E-state index in [2.05, 4.69) is 0 Å². The number of rotatable bonds is 3. The lowest BCUT2D eigenvalue weighted by Crippen LogP contribution is -2.05. The third kappa shape index (κ3) is 3.16. The summed E-state index contributed by atoms with van der Waals surface area (Å²) in [7, 11) is -12.0. The molecule has 0 radical (unpaired) electrons. The number of sulfone groups is 3. The van der Waals surface area contributed by atoms with Gasteiger partial charge < -0.3 is 0 Å². The van der Waals surface area contributed by atoms with Crippen LogP contribution in [-0.2, 0) is 29.5 Å². The van der Waals surface area contributed by atoms with Crippen molar-refractivity contribution >= 4 is 79.0 Å². The second-order valence-corrected chi connectivity index (χ2v) is 13.9. The minimum absolute atomic E-state index is 0.0626. The van der Waals surface area contributed by atoms with Gasteiger partial charge in [0.15, 0.2) is 0 Å². The van der Waals surface area contributed by atoms with Gasteiger partial charge in [0.05, 0.1) is 14.7 Å². The van der Waals surface area contributed by atoms with Crippen LogP contribution in [0, 0.1) is 0 Å². The highest BCUT2D eigenvalue weighted by molar-refractivity contribution is 8.06. The highest BCUT2D eigenvalue weighted by atomic mass is 35.5. The zero-order valence-electron chi connectivity index (χ0n) is 14.5. The lowest BCUT2D eigenvalue weighted by atomic mass is 10.0. The van der Waals surface area contributed by atoms with Crippen LogP contribution in [0.4, 0.5) is 0 Å². The number of allylic oxidation sites excluding steroid dienone is 6. The first-order valence-corrected chi connectivity index (χ1v) is 13.6. The molecule has 0 spiro atoms. The molecule has 0 aromatic heterocycles. The first-order chi connectivity index (χ1) is 13.9. The fourth-order valence-corrected chi connectivity index (χ4v) is 7.42. The Kier molecular flexibility index (Phi) is 5.00. The molecule has 0 N–H and O–H groups in total. The van der Waals surface area contributed by atoms with E-state index in [4.69, 9.17) is 34.8 Å². The van der Waals surface area contributed by atoms with Crippen molar-refractivity contribution in [2.45, 2.75) is 0 Å². The largest absolute Gasteiger partial charge is 0.218 e. The Bertz CT molecular complexity index is 1340. The molecule has 0 bridgehead atoms. The fraction of sp³-hybridized carbons (Fsp3) is 0. The predicted molar refractivity (Wildman–Crippen MR) is 119 cm³/mol. The van der Waals surface area contributed by atoms with Crippen molar-refractivity contribution in [2.75, 3.05) is 0 Å². The van der Waals surface area contributed by atoms with Crippen molar-refractivity contribution in [1.29, 1.82) is 0 Å². The molecule has 156 valence electrons. The SMILES string of the molecule is O=S1(=O)C(Cl)=CC=C1c1cc(C2=CC=C(Cl)S2(=O)=O)cc(C2=CC=C(Cl)S2(=O)=O)c1. The Morgan fingerprint density at radius 3 is 0.833 bits per heavy atom. The Hall–Kier alpha value is -1.62. The Morgan fingerprint density at radius 1 is 0.433 bits per heavy atom. The normalized spacial score (nSPS) is 23.3. The maximum Gasteiger partial charge on any atom is 0.217 e. The number of benzene rings is 1. The van der Waals surface area contributed by atoms with Gasteiger partial charge in [-0.1, -0.05) is 34.8 Å². The van der Waals surface area contributed by atoms with Crippen molar-refractivity contribution in [3.8, 4) is 0 Å². The summed E-state index contributed by atoms with van der Waals surface area (Å²) in [5.41, 5.74) is 0.188. The van der Waals surface area contributed by atoms with Gasteiger partial charge in [0.25, 0.3) is 0 Å². The Labute approximate surface area is 187 Å². The molecule has 0 saturated heterocycles. The standard InChI is InChI=1S/C18H9Cl3O6S3/c19-16-4-1-13(28(16,22)23)10-7-11(14-2-5-17(20)29(14,24)25)9-12(8-10)15-3-6-18(21)30(15,26)27/h1-9H. The molecule has 3 aliphatic heterocycles. The van der Waals surface area contributed by atoms with Crippen LogP contribution in [0.2, 0.25) is 0 Å². The van der Waals surface area contributed by atoms with Crippen LogP contribution < -0.4 is 0 Å². The summed E-state index contributed by atoms with van der Waals surface area (Å²) in [5.74, 6) is 0. The van der Waals surface area contributed by atoms with E-state index < -0.39 is 42.6 Å². The van der Waals surface area contributed by atoms with E-state index in [9.17, 15) is 25.3 Å². The molecule has 0 aliphatic carbocycles. The van der Waals surface area contributed by atoms with Crippen LogP contribution in [0.3, 0.4) is 0 Å². The molecule has 30 heavy (non-hydrogen) atoms. The number of halogens is 3. The number of hydrogen-bond acceptors (Lipinski definition) is 6. The van der Waals surface area contributed by atoms with Crippen LogP contribution >= 0.6 is 34.8 Å². The molecule has 6 nitrogen and oxygen atoms in total. The lowest BCUT2D eigenvalue weighted by Gasteiger charge is -2.13. The van der Waals surface area contributed by atoms with E-state index in [1.54, 1.807) is 0 Å². The van der Waals surface area contributed by atoms with E-state index >= 15 is 0 Å². The summed E-state index contributed by atoms with van der Waals surface area (Å²) in [6.07, 6.45) is 7.33. The van der Waals surface area contributed by atoms with Gasteiger partial charge in [-0.15, -0.1) is 0 Å². The highest BCUT2D eigenvalue weighted by Crippen LogP contribution is 2.42. The second-order valence-electron chi connectivity index (χ2n) is 6.31. The van der Waals surface area contributed by atoms with Crippen LogP contribution in [0.1, 0.15) is 16.7 Å². The minimum atomic E-state index is -4.01. The molecule has 0 amide bonds. The van der Waals surface area contributed by atoms with Gasteiger partial charge in [-0.25, -0.2) is 25.3 Å². The van der Waals surface area contributed by atoms with Crippen molar-refractivity contribution in [3.05, 3.63) is 84.4 Å². The summed E-state index contributed by atoms with van der Waals surface area (Å²) in [6.45, 7) is 0. The van der Waals surface area contributed by atoms with Crippen molar-refractivity contribution in [1.82, 2.24) is 0 Å². The molecule has 1 aromatic rings. The summed E-state index contributed by atoms with van der Waals surface area (Å²) in [4.78, 5) is -0.581. The average Bonchev–Trinajstić information content (AvgIpc) is 3.19. The minimum Gasteiger partial charge on any atom is -0.218 e. The quantitative estimate of drug-likeness (QED) is 0.587. The molecule has 3 aliphatic rings. The molecule has 0 saturated carbocycles. The van der Waals surface area contributed by atoms with E-state index in [1.807, 2.05) is 0 Å². The highest BCUT2D eigenvalue weighted by Gasteiger charge is 2.33. The molecule has 1 aromatic carbocycles. The molecule has 4 rings (SSSR count). The lowest BCUT2D eigenvalue weighted by molar-refractivity contribution is 0.612. The molecular formula is C18H9Cl3O6S3. The maximum atomic E-state index is 12.5. The third-order valence-electron chi connectivity index (χ3n) is 4.52. The maximum absolute atomic E-state index is 12.5. The van der Waals surface area contributed by atoms with E-state index in [0.29, 0.717) is 0 Å². The predicted octanol–water partition coefficient (Wildman–Crippen LogP) is 4.24. The third-order valence-corrected chi connectivity index (χ3v) is 11.5. The van der Waals surface area contributed by atoms with Crippen LogP contribution in [-0.4, -0.2) is 25.3 Å². The van der Waals surface area contributed by atoms with Gasteiger partial charge in [0.1, 0.15) is 13.1 Å². The average molecular weight is 524 g/mol. The van der Waals surface area contributed by atoms with E-state index in [-0.39, 0.29) is 31.4 Å². The summed E-state index contributed by atoms with van der Waals surface area (Å²) >= 11 is 17.3. The van der Waals surface area contributed by atoms with Crippen molar-refractivity contribution < 1.29 is 25.3 Å². The monoisotopic (exact) mass is 522 g/mol. The van der Waals surface area contributed by atoms with Crippen molar-refractivity contribution in [3.63, 3.8) is 0 Å². The smallest absolute Gasteiger partial charge is 0.217 e. The van der Waals surface area contributed by atoms with Gasteiger partial charge in [0.2, 0.25) is 29.5 Å². The van der Waals surface area contributed by atoms with Crippen LogP contribution in [0.25, 0.3) is 14.7 Å².